The number of pyridine rings is 1. The Hall–Kier alpha value is 0.310. The molecule has 1 atom stereocenters. The minimum Gasteiger partial charge on any atom is -0.296 e. The van der Waals surface area contributed by atoms with Crippen molar-refractivity contribution in [2.45, 2.75) is 6.42 Å². The number of hydrogen-bond acceptors (Lipinski definition) is 2. The first-order chi connectivity index (χ1) is 7.61. The average molecular weight is 460 g/mol. The third-order valence-corrected chi connectivity index (χ3v) is 5.62. The van der Waals surface area contributed by atoms with Gasteiger partial charge in [0.15, 0.2) is 0 Å². The van der Waals surface area contributed by atoms with Crippen molar-refractivity contribution in [2.75, 3.05) is 16.8 Å². The molecule has 0 spiro atoms. The van der Waals surface area contributed by atoms with Gasteiger partial charge in [-0.2, -0.15) is 0 Å². The highest BCUT2D eigenvalue weighted by Crippen LogP contribution is 2.27. The number of carbonyl (C=O) groups excluding carboxylic acids is 1. The molecule has 3 nitrogen and oxygen atoms in total. The van der Waals surface area contributed by atoms with Gasteiger partial charge in [0.05, 0.1) is 0 Å². The molecule has 0 aromatic carbocycles. The number of aromatic nitrogens is 1. The molecule has 0 bridgehead atoms. The SMILES string of the molecule is O=C1CC(CBr)CN1c1ccc(I)c(Br)n1. The number of halogens is 3. The summed E-state index contributed by atoms with van der Waals surface area (Å²) in [6.07, 6.45) is 0.608. The van der Waals surface area contributed by atoms with E-state index >= 15 is 0 Å². The zero-order valence-corrected chi connectivity index (χ0v) is 13.6. The summed E-state index contributed by atoms with van der Waals surface area (Å²) in [6.45, 7) is 0.754. The van der Waals surface area contributed by atoms with E-state index in [1.165, 1.54) is 0 Å². The van der Waals surface area contributed by atoms with E-state index in [-0.39, 0.29) is 5.91 Å². The number of rotatable bonds is 2. The summed E-state index contributed by atoms with van der Waals surface area (Å²) in [5, 5.41) is 0.862. The highest BCUT2D eigenvalue weighted by atomic mass is 127. The number of anilines is 1. The molecule has 2 heterocycles. The lowest BCUT2D eigenvalue weighted by molar-refractivity contribution is -0.117. The van der Waals surface area contributed by atoms with Crippen LogP contribution in [0.5, 0.6) is 0 Å². The zero-order chi connectivity index (χ0) is 11.7. The second-order valence-electron chi connectivity index (χ2n) is 3.67. The third kappa shape index (κ3) is 2.59. The summed E-state index contributed by atoms with van der Waals surface area (Å²) < 4.78 is 1.84. The van der Waals surface area contributed by atoms with Crippen LogP contribution in [0.4, 0.5) is 5.82 Å². The van der Waals surface area contributed by atoms with Crippen molar-refractivity contribution in [3.63, 3.8) is 0 Å². The molecule has 1 unspecified atom stereocenters. The van der Waals surface area contributed by atoms with Crippen LogP contribution in [0.25, 0.3) is 0 Å². The quantitative estimate of drug-likeness (QED) is 0.386. The molecule has 1 fully saturated rings. The summed E-state index contributed by atoms with van der Waals surface area (Å²) in [5.74, 6) is 1.29. The van der Waals surface area contributed by atoms with E-state index in [4.69, 9.17) is 0 Å². The van der Waals surface area contributed by atoms with E-state index < -0.39 is 0 Å². The van der Waals surface area contributed by atoms with Gasteiger partial charge in [0.2, 0.25) is 5.91 Å². The summed E-state index contributed by atoms with van der Waals surface area (Å²) in [6, 6.07) is 3.85. The van der Waals surface area contributed by atoms with Crippen molar-refractivity contribution < 1.29 is 4.79 Å². The topological polar surface area (TPSA) is 33.2 Å². The Labute approximate surface area is 124 Å². The van der Waals surface area contributed by atoms with Gasteiger partial charge < -0.3 is 0 Å². The van der Waals surface area contributed by atoms with Crippen molar-refractivity contribution in [1.29, 1.82) is 0 Å². The lowest BCUT2D eigenvalue weighted by atomic mass is 10.2. The minimum absolute atomic E-state index is 0.157. The maximum atomic E-state index is 11.8. The van der Waals surface area contributed by atoms with Gasteiger partial charge in [-0.25, -0.2) is 4.98 Å². The Morgan fingerprint density at radius 3 is 2.88 bits per heavy atom. The molecule has 1 aliphatic rings. The lowest BCUT2D eigenvalue weighted by Gasteiger charge is -2.15. The van der Waals surface area contributed by atoms with Gasteiger partial charge in [-0.1, -0.05) is 15.9 Å². The first-order valence-corrected chi connectivity index (χ1v) is 7.79. The molecule has 1 saturated heterocycles. The first kappa shape index (κ1) is 12.8. The highest BCUT2D eigenvalue weighted by molar-refractivity contribution is 14.1. The number of alkyl halides is 1. The fourth-order valence-electron chi connectivity index (χ4n) is 1.66. The van der Waals surface area contributed by atoms with Crippen LogP contribution in [-0.2, 0) is 4.79 Å². The van der Waals surface area contributed by atoms with Crippen LogP contribution < -0.4 is 4.90 Å². The highest BCUT2D eigenvalue weighted by Gasteiger charge is 2.30. The van der Waals surface area contributed by atoms with Crippen molar-refractivity contribution >= 4 is 66.2 Å². The van der Waals surface area contributed by atoms with Crippen LogP contribution in [0.15, 0.2) is 16.7 Å². The summed E-state index contributed by atoms with van der Waals surface area (Å²) >= 11 is 9.00. The van der Waals surface area contributed by atoms with E-state index in [2.05, 4.69) is 59.4 Å². The molecule has 1 aromatic rings. The van der Waals surface area contributed by atoms with Crippen LogP contribution in [0, 0.1) is 9.49 Å². The smallest absolute Gasteiger partial charge is 0.228 e. The van der Waals surface area contributed by atoms with Gasteiger partial charge in [-0.15, -0.1) is 0 Å². The number of amides is 1. The van der Waals surface area contributed by atoms with Crippen molar-refractivity contribution in [2.24, 2.45) is 5.92 Å². The standard InChI is InChI=1S/C10H9Br2IN2O/c11-4-6-3-9(16)15(5-6)8-2-1-7(13)10(12)14-8/h1-2,6H,3-5H2. The van der Waals surface area contributed by atoms with E-state index in [9.17, 15) is 4.79 Å². The van der Waals surface area contributed by atoms with Crippen LogP contribution in [0.3, 0.4) is 0 Å². The van der Waals surface area contributed by atoms with E-state index in [0.717, 1.165) is 25.9 Å². The Bertz CT molecular complexity index is 427. The molecule has 0 radical (unpaired) electrons. The van der Waals surface area contributed by atoms with Gasteiger partial charge in [0, 0.05) is 21.9 Å². The molecular weight excluding hydrogens is 451 g/mol. The maximum Gasteiger partial charge on any atom is 0.228 e. The molecule has 86 valence electrons. The van der Waals surface area contributed by atoms with Gasteiger partial charge in [0.1, 0.15) is 10.4 Å². The predicted octanol–water partition coefficient (Wildman–Crippen LogP) is 3.20. The third-order valence-electron chi connectivity index (χ3n) is 2.49. The Morgan fingerprint density at radius 1 is 1.56 bits per heavy atom. The first-order valence-electron chi connectivity index (χ1n) is 4.80. The second-order valence-corrected chi connectivity index (χ2v) is 6.23. The van der Waals surface area contributed by atoms with Crippen molar-refractivity contribution in [3.05, 3.63) is 20.3 Å². The van der Waals surface area contributed by atoms with Crippen LogP contribution >= 0.6 is 54.5 Å². The van der Waals surface area contributed by atoms with Gasteiger partial charge in [-0.05, 0) is 56.6 Å². The lowest BCUT2D eigenvalue weighted by Crippen LogP contribution is -2.25. The van der Waals surface area contributed by atoms with Crippen LogP contribution in [-0.4, -0.2) is 22.8 Å². The average Bonchev–Trinajstić information content (AvgIpc) is 2.64. The monoisotopic (exact) mass is 458 g/mol. The number of carbonyl (C=O) groups is 1. The molecule has 16 heavy (non-hydrogen) atoms. The summed E-state index contributed by atoms with van der Waals surface area (Å²) in [7, 11) is 0. The number of nitrogens with zero attached hydrogens (tertiary/aromatic N) is 2. The summed E-state index contributed by atoms with van der Waals surface area (Å²) in [5.41, 5.74) is 0. The van der Waals surface area contributed by atoms with Crippen molar-refractivity contribution in [3.8, 4) is 0 Å². The molecule has 0 saturated carbocycles. The van der Waals surface area contributed by atoms with E-state index in [0.29, 0.717) is 12.3 Å². The summed E-state index contributed by atoms with van der Waals surface area (Å²) in [4.78, 5) is 17.9. The fourth-order valence-corrected chi connectivity index (χ4v) is 2.71. The van der Waals surface area contributed by atoms with Gasteiger partial charge in [0.25, 0.3) is 0 Å². The van der Waals surface area contributed by atoms with Crippen LogP contribution in [0.2, 0.25) is 0 Å². The fraction of sp³-hybridized carbons (Fsp3) is 0.400. The Balaban J connectivity index is 2.24. The number of hydrogen-bond donors (Lipinski definition) is 0. The maximum absolute atomic E-state index is 11.8. The molecular formula is C10H9Br2IN2O. The Kier molecular flexibility index (Phi) is 4.23. The Morgan fingerprint density at radius 2 is 2.31 bits per heavy atom. The van der Waals surface area contributed by atoms with E-state index in [1.54, 1.807) is 4.90 Å². The molecule has 1 amide bonds. The van der Waals surface area contributed by atoms with Gasteiger partial charge in [-0.3, -0.25) is 9.69 Å². The largest absolute Gasteiger partial charge is 0.296 e. The van der Waals surface area contributed by atoms with Crippen molar-refractivity contribution in [1.82, 2.24) is 4.98 Å². The van der Waals surface area contributed by atoms with E-state index in [1.807, 2.05) is 12.1 Å². The zero-order valence-electron chi connectivity index (χ0n) is 8.29. The van der Waals surface area contributed by atoms with Gasteiger partial charge >= 0.3 is 0 Å². The molecule has 1 aliphatic heterocycles. The molecule has 0 N–H and O–H groups in total. The predicted molar refractivity (Wildman–Crippen MR) is 78.9 cm³/mol. The molecule has 6 heteroatoms. The normalized spacial score (nSPS) is 20.6. The minimum atomic E-state index is 0.157. The molecule has 0 aliphatic carbocycles. The molecule has 2 rings (SSSR count). The second kappa shape index (κ2) is 5.30. The molecule has 1 aromatic heterocycles. The van der Waals surface area contributed by atoms with Crippen LogP contribution in [0.1, 0.15) is 6.42 Å².